The van der Waals surface area contributed by atoms with Gasteiger partial charge < -0.3 is 4.52 Å². The molecule has 0 unspecified atom stereocenters. The van der Waals surface area contributed by atoms with Crippen molar-refractivity contribution >= 4 is 10.0 Å². The van der Waals surface area contributed by atoms with E-state index in [-0.39, 0.29) is 19.0 Å². The molecule has 1 aromatic heterocycles. The lowest BCUT2D eigenvalue weighted by Gasteiger charge is -2.35. The van der Waals surface area contributed by atoms with Crippen molar-refractivity contribution in [3.05, 3.63) is 66.1 Å². The molecule has 6 nitrogen and oxygen atoms in total. The average molecular weight is 377 g/mol. The van der Waals surface area contributed by atoms with Crippen LogP contribution in [0.1, 0.15) is 11.8 Å². The van der Waals surface area contributed by atoms with Crippen LogP contribution in [0.5, 0.6) is 0 Å². The first-order chi connectivity index (χ1) is 12.5. The van der Waals surface area contributed by atoms with Crippen molar-refractivity contribution in [2.75, 3.05) is 13.1 Å². The number of halogens is 2. The summed E-state index contributed by atoms with van der Waals surface area (Å²) in [6.45, 7) is 0.0407. The molecule has 2 aromatic carbocycles. The van der Waals surface area contributed by atoms with E-state index in [2.05, 4.69) is 10.1 Å². The summed E-state index contributed by atoms with van der Waals surface area (Å²) in [4.78, 5) is 3.34. The maximum Gasteiger partial charge on any atom is 0.248 e. The Labute approximate surface area is 148 Å². The van der Waals surface area contributed by atoms with E-state index < -0.39 is 26.6 Å². The van der Waals surface area contributed by atoms with Crippen molar-refractivity contribution in [3.8, 4) is 11.4 Å². The summed E-state index contributed by atoms with van der Waals surface area (Å²) in [6, 6.07) is 12.1. The summed E-state index contributed by atoms with van der Waals surface area (Å²) in [5.74, 6) is -1.84. The van der Waals surface area contributed by atoms with E-state index in [1.807, 2.05) is 30.3 Å². The number of rotatable bonds is 4. The van der Waals surface area contributed by atoms with Crippen LogP contribution in [0.2, 0.25) is 0 Å². The van der Waals surface area contributed by atoms with Gasteiger partial charge in [-0.05, 0) is 12.1 Å². The van der Waals surface area contributed by atoms with Gasteiger partial charge in [0, 0.05) is 18.7 Å². The van der Waals surface area contributed by atoms with Crippen LogP contribution in [0.25, 0.3) is 11.4 Å². The Bertz CT molecular complexity index is 1030. The number of hydrogen-bond acceptors (Lipinski definition) is 5. The fourth-order valence-corrected chi connectivity index (χ4v) is 4.39. The highest BCUT2D eigenvalue weighted by molar-refractivity contribution is 7.89. The molecule has 0 saturated carbocycles. The van der Waals surface area contributed by atoms with Crippen LogP contribution in [0.4, 0.5) is 8.78 Å². The molecule has 0 bridgehead atoms. The molecule has 0 amide bonds. The van der Waals surface area contributed by atoms with Crippen LogP contribution in [-0.4, -0.2) is 36.0 Å². The van der Waals surface area contributed by atoms with Crippen molar-refractivity contribution in [2.24, 2.45) is 0 Å². The Balaban J connectivity index is 1.52. The van der Waals surface area contributed by atoms with Gasteiger partial charge in [0.2, 0.25) is 21.7 Å². The minimum absolute atomic E-state index is 0.0204. The normalized spacial score (nSPS) is 15.8. The Morgan fingerprint density at radius 2 is 1.65 bits per heavy atom. The van der Waals surface area contributed by atoms with Gasteiger partial charge >= 0.3 is 0 Å². The molecule has 26 heavy (non-hydrogen) atoms. The molecular formula is C17H13F2N3O3S. The number of benzene rings is 2. The lowest BCUT2D eigenvalue weighted by molar-refractivity contribution is 0.215. The molecule has 1 aliphatic heterocycles. The monoisotopic (exact) mass is 377 g/mol. The molecule has 134 valence electrons. The van der Waals surface area contributed by atoms with Crippen LogP contribution in [-0.2, 0) is 10.0 Å². The molecule has 1 aliphatic rings. The smallest absolute Gasteiger partial charge is 0.248 e. The summed E-state index contributed by atoms with van der Waals surface area (Å²) in [7, 11) is -4.26. The van der Waals surface area contributed by atoms with Crippen molar-refractivity contribution < 1.29 is 21.7 Å². The summed E-state index contributed by atoms with van der Waals surface area (Å²) in [5.41, 5.74) is 0.778. The van der Waals surface area contributed by atoms with Crippen LogP contribution < -0.4 is 0 Å². The van der Waals surface area contributed by atoms with Gasteiger partial charge in [0.05, 0.1) is 5.92 Å². The van der Waals surface area contributed by atoms with Gasteiger partial charge in [-0.3, -0.25) is 0 Å². The van der Waals surface area contributed by atoms with Crippen molar-refractivity contribution in [2.45, 2.75) is 10.8 Å². The number of nitrogens with zero attached hydrogens (tertiary/aromatic N) is 3. The van der Waals surface area contributed by atoms with E-state index in [1.165, 1.54) is 0 Å². The lowest BCUT2D eigenvalue weighted by atomic mass is 10.0. The first-order valence-electron chi connectivity index (χ1n) is 7.80. The summed E-state index contributed by atoms with van der Waals surface area (Å²) < 4.78 is 58.7. The highest BCUT2D eigenvalue weighted by atomic mass is 32.2. The Hall–Kier alpha value is -2.65. The molecule has 9 heteroatoms. The van der Waals surface area contributed by atoms with Gasteiger partial charge in [-0.2, -0.15) is 9.29 Å². The zero-order valence-corrected chi connectivity index (χ0v) is 14.2. The van der Waals surface area contributed by atoms with E-state index >= 15 is 0 Å². The van der Waals surface area contributed by atoms with Crippen LogP contribution in [0.15, 0.2) is 57.9 Å². The first kappa shape index (κ1) is 16.8. The molecule has 0 N–H and O–H groups in total. The van der Waals surface area contributed by atoms with Gasteiger partial charge in [-0.15, -0.1) is 0 Å². The fraction of sp³-hybridized carbons (Fsp3) is 0.176. The molecule has 3 aromatic rings. The lowest BCUT2D eigenvalue weighted by Crippen LogP contribution is -2.48. The third-order valence-corrected chi connectivity index (χ3v) is 6.07. The molecular weight excluding hydrogens is 364 g/mol. The van der Waals surface area contributed by atoms with Crippen molar-refractivity contribution in [3.63, 3.8) is 0 Å². The van der Waals surface area contributed by atoms with Crippen LogP contribution >= 0.6 is 0 Å². The van der Waals surface area contributed by atoms with E-state index in [9.17, 15) is 17.2 Å². The molecule has 1 saturated heterocycles. The molecule has 0 aliphatic carbocycles. The number of hydrogen-bond donors (Lipinski definition) is 0. The van der Waals surface area contributed by atoms with Crippen molar-refractivity contribution in [1.29, 1.82) is 0 Å². The highest BCUT2D eigenvalue weighted by Crippen LogP contribution is 2.33. The summed E-state index contributed by atoms with van der Waals surface area (Å²) in [5, 5.41) is 3.89. The number of aromatic nitrogens is 2. The topological polar surface area (TPSA) is 76.3 Å². The Morgan fingerprint density at radius 1 is 1.00 bits per heavy atom. The van der Waals surface area contributed by atoms with Gasteiger partial charge in [-0.25, -0.2) is 17.2 Å². The Morgan fingerprint density at radius 3 is 2.31 bits per heavy atom. The maximum absolute atomic E-state index is 13.8. The SMILES string of the molecule is O=S(=O)(c1c(F)cccc1F)N1CC(c2nc(-c3ccccc3)no2)C1. The maximum atomic E-state index is 13.8. The average Bonchev–Trinajstić information content (AvgIpc) is 3.03. The minimum Gasteiger partial charge on any atom is -0.339 e. The van der Waals surface area contributed by atoms with E-state index in [4.69, 9.17) is 4.52 Å². The standard InChI is InChI=1S/C17H13F2N3O3S/c18-13-7-4-8-14(19)15(13)26(23,24)22-9-12(10-22)17-20-16(21-25-17)11-5-2-1-3-6-11/h1-8,12H,9-10H2. The van der Waals surface area contributed by atoms with Gasteiger partial charge in [-0.1, -0.05) is 41.6 Å². The first-order valence-corrected chi connectivity index (χ1v) is 9.24. The van der Waals surface area contributed by atoms with Gasteiger partial charge in [0.15, 0.2) is 4.90 Å². The minimum atomic E-state index is -4.26. The summed E-state index contributed by atoms with van der Waals surface area (Å²) in [6.07, 6.45) is 0. The van der Waals surface area contributed by atoms with Crippen molar-refractivity contribution in [1.82, 2.24) is 14.4 Å². The predicted octanol–water partition coefficient (Wildman–Crippen LogP) is 2.80. The molecule has 0 spiro atoms. The van der Waals surface area contributed by atoms with E-state index in [1.54, 1.807) is 0 Å². The molecule has 1 fully saturated rings. The highest BCUT2D eigenvalue weighted by Gasteiger charge is 2.42. The third-order valence-electron chi connectivity index (χ3n) is 4.19. The largest absolute Gasteiger partial charge is 0.339 e. The molecule has 4 rings (SSSR count). The predicted molar refractivity (Wildman–Crippen MR) is 87.6 cm³/mol. The van der Waals surface area contributed by atoms with E-state index in [0.717, 1.165) is 28.1 Å². The second-order valence-corrected chi connectivity index (χ2v) is 7.77. The van der Waals surface area contributed by atoms with Gasteiger partial charge in [0.1, 0.15) is 11.6 Å². The Kier molecular flexibility index (Phi) is 4.04. The zero-order valence-electron chi connectivity index (χ0n) is 13.3. The van der Waals surface area contributed by atoms with Crippen LogP contribution in [0.3, 0.4) is 0 Å². The van der Waals surface area contributed by atoms with Crippen LogP contribution in [0, 0.1) is 11.6 Å². The fourth-order valence-electron chi connectivity index (χ4n) is 2.75. The van der Waals surface area contributed by atoms with Gasteiger partial charge in [0.25, 0.3) is 0 Å². The zero-order chi connectivity index (χ0) is 18.3. The molecule has 0 radical (unpaired) electrons. The van der Waals surface area contributed by atoms with E-state index in [0.29, 0.717) is 11.7 Å². The molecule has 2 heterocycles. The third kappa shape index (κ3) is 2.78. The second-order valence-electron chi connectivity index (χ2n) is 5.89. The second kappa shape index (κ2) is 6.26. The molecule has 0 atom stereocenters. The quantitative estimate of drug-likeness (QED) is 0.699. The number of sulfonamides is 1. The summed E-state index contributed by atoms with van der Waals surface area (Å²) >= 11 is 0.